The second kappa shape index (κ2) is 7.86. The molecule has 136 valence electrons. The van der Waals surface area contributed by atoms with Crippen molar-refractivity contribution in [2.45, 2.75) is 19.8 Å². The minimum absolute atomic E-state index is 0.240. The van der Waals surface area contributed by atoms with Crippen LogP contribution >= 0.6 is 0 Å². The minimum atomic E-state index is -0.240. The molecular weight excluding hydrogens is 332 g/mol. The van der Waals surface area contributed by atoms with Crippen molar-refractivity contribution in [3.63, 3.8) is 0 Å². The van der Waals surface area contributed by atoms with Crippen LogP contribution in [0.1, 0.15) is 28.2 Å². The number of ether oxygens (including phenoxy) is 1. The normalized spacial score (nSPS) is 10.7. The fourth-order valence-corrected chi connectivity index (χ4v) is 2.63. The Hall–Kier alpha value is -3.09. The molecule has 1 aromatic carbocycles. The van der Waals surface area contributed by atoms with Crippen LogP contribution in [-0.4, -0.2) is 34.5 Å². The first-order valence-corrected chi connectivity index (χ1v) is 8.45. The van der Waals surface area contributed by atoms with Gasteiger partial charge in [0.05, 0.1) is 18.9 Å². The van der Waals surface area contributed by atoms with Crippen LogP contribution in [0.25, 0.3) is 11.3 Å². The zero-order valence-corrected chi connectivity index (χ0v) is 15.2. The second-order valence-electron chi connectivity index (χ2n) is 6.05. The Balaban J connectivity index is 1.50. The smallest absolute Gasteiger partial charge is 0.273 e. The Labute approximate surface area is 151 Å². The average molecular weight is 354 g/mol. The highest BCUT2D eigenvalue weighted by Gasteiger charge is 2.16. The lowest BCUT2D eigenvalue weighted by Crippen LogP contribution is -2.25. The van der Waals surface area contributed by atoms with Crippen LogP contribution in [0.4, 0.5) is 0 Å². The van der Waals surface area contributed by atoms with Crippen molar-refractivity contribution >= 4 is 5.91 Å². The number of nitrogens with one attached hydrogen (secondary N) is 1. The van der Waals surface area contributed by atoms with Gasteiger partial charge in [0.2, 0.25) is 0 Å². The van der Waals surface area contributed by atoms with Gasteiger partial charge in [-0.2, -0.15) is 5.10 Å². The molecule has 1 N–H and O–H groups in total. The summed E-state index contributed by atoms with van der Waals surface area (Å²) in [4.78, 5) is 12.2. The molecular formula is C19H22N4O3. The van der Waals surface area contributed by atoms with Crippen molar-refractivity contribution in [1.29, 1.82) is 0 Å². The first-order chi connectivity index (χ1) is 12.6. The molecule has 0 spiro atoms. The predicted molar refractivity (Wildman–Crippen MR) is 97.1 cm³/mol. The molecule has 7 heteroatoms. The third-order valence-electron chi connectivity index (χ3n) is 4.33. The van der Waals surface area contributed by atoms with E-state index in [-0.39, 0.29) is 11.6 Å². The summed E-state index contributed by atoms with van der Waals surface area (Å²) in [5, 5.41) is 10.9. The second-order valence-corrected chi connectivity index (χ2v) is 6.05. The number of benzene rings is 1. The monoisotopic (exact) mass is 354 g/mol. The fraction of sp³-hybridized carbons (Fsp3) is 0.316. The van der Waals surface area contributed by atoms with Gasteiger partial charge in [0.25, 0.3) is 5.91 Å². The number of hydrogen-bond acceptors (Lipinski definition) is 5. The Morgan fingerprint density at radius 3 is 2.73 bits per heavy atom. The molecule has 0 aliphatic rings. The van der Waals surface area contributed by atoms with Gasteiger partial charge in [-0.05, 0) is 37.5 Å². The minimum Gasteiger partial charge on any atom is -0.497 e. The average Bonchev–Trinajstić information content (AvgIpc) is 3.27. The summed E-state index contributed by atoms with van der Waals surface area (Å²) < 4.78 is 12.2. The van der Waals surface area contributed by atoms with Crippen LogP contribution in [-0.2, 0) is 13.5 Å². The summed E-state index contributed by atoms with van der Waals surface area (Å²) in [7, 11) is 3.50. The third kappa shape index (κ3) is 3.93. The van der Waals surface area contributed by atoms with Crippen LogP contribution in [0.2, 0.25) is 0 Å². The molecule has 2 aromatic heterocycles. The largest absolute Gasteiger partial charge is 0.497 e. The van der Waals surface area contributed by atoms with Crippen LogP contribution in [0.3, 0.4) is 0 Å². The number of carbonyl (C=O) groups is 1. The lowest BCUT2D eigenvalue weighted by Gasteiger charge is -2.04. The van der Waals surface area contributed by atoms with E-state index >= 15 is 0 Å². The zero-order valence-electron chi connectivity index (χ0n) is 15.2. The lowest BCUT2D eigenvalue weighted by atomic mass is 10.1. The highest BCUT2D eigenvalue weighted by Crippen LogP contribution is 2.23. The van der Waals surface area contributed by atoms with E-state index in [1.54, 1.807) is 24.1 Å². The molecule has 0 unspecified atom stereocenters. The molecule has 7 nitrogen and oxygen atoms in total. The summed E-state index contributed by atoms with van der Waals surface area (Å²) >= 11 is 0. The molecule has 3 aromatic rings. The molecule has 0 saturated heterocycles. The molecule has 26 heavy (non-hydrogen) atoms. The number of nitrogens with zero attached hydrogens (tertiary/aromatic N) is 3. The van der Waals surface area contributed by atoms with Gasteiger partial charge in [-0.25, -0.2) is 0 Å². The highest BCUT2D eigenvalue weighted by atomic mass is 16.5. The van der Waals surface area contributed by atoms with Crippen LogP contribution in [0, 0.1) is 6.92 Å². The molecule has 0 saturated carbocycles. The maximum Gasteiger partial charge on any atom is 0.273 e. The molecule has 0 radical (unpaired) electrons. The zero-order chi connectivity index (χ0) is 18.5. The number of rotatable bonds is 7. The first-order valence-electron chi connectivity index (χ1n) is 8.45. The van der Waals surface area contributed by atoms with Crippen LogP contribution < -0.4 is 10.1 Å². The summed E-state index contributed by atoms with van der Waals surface area (Å²) in [6.07, 6.45) is 3.42. The first kappa shape index (κ1) is 17.7. The quantitative estimate of drug-likeness (QED) is 0.660. The Morgan fingerprint density at radius 2 is 2.08 bits per heavy atom. The van der Waals surface area contributed by atoms with E-state index < -0.39 is 0 Å². The SMILES string of the molecule is COc1ccc(CCCNC(=O)c2cc(-c3cnn(C)c3C)on2)cc1. The van der Waals surface area contributed by atoms with Crippen LogP contribution in [0.5, 0.6) is 5.75 Å². The van der Waals surface area contributed by atoms with E-state index in [1.165, 1.54) is 5.56 Å². The molecule has 3 rings (SSSR count). The van der Waals surface area contributed by atoms with Gasteiger partial charge < -0.3 is 14.6 Å². The maximum atomic E-state index is 12.2. The van der Waals surface area contributed by atoms with Gasteiger partial charge in [0, 0.05) is 25.4 Å². The standard InChI is InChI=1S/C19H22N4O3/c1-13-16(12-21-23(13)2)18-11-17(22-26-18)19(24)20-10-4-5-14-6-8-15(25-3)9-7-14/h6-9,11-12H,4-5,10H2,1-3H3,(H,20,24). The molecule has 0 fully saturated rings. The summed E-state index contributed by atoms with van der Waals surface area (Å²) in [6.45, 7) is 2.50. The van der Waals surface area contributed by atoms with Gasteiger partial charge >= 0.3 is 0 Å². The van der Waals surface area contributed by atoms with Gasteiger partial charge in [-0.3, -0.25) is 9.48 Å². The van der Waals surface area contributed by atoms with Gasteiger partial charge in [-0.15, -0.1) is 0 Å². The summed E-state index contributed by atoms with van der Waals surface area (Å²) in [5.41, 5.74) is 3.26. The maximum absolute atomic E-state index is 12.2. The molecule has 0 aliphatic heterocycles. The van der Waals surface area contributed by atoms with Crippen molar-refractivity contribution in [3.8, 4) is 17.1 Å². The molecule has 1 amide bonds. The van der Waals surface area contributed by atoms with E-state index in [0.717, 1.165) is 29.8 Å². The summed E-state index contributed by atoms with van der Waals surface area (Å²) in [5.74, 6) is 1.14. The van der Waals surface area contributed by atoms with E-state index in [0.29, 0.717) is 12.3 Å². The topological polar surface area (TPSA) is 82.2 Å². The van der Waals surface area contributed by atoms with E-state index in [4.69, 9.17) is 9.26 Å². The number of aromatic nitrogens is 3. The van der Waals surface area contributed by atoms with E-state index in [2.05, 4.69) is 15.6 Å². The number of hydrogen-bond donors (Lipinski definition) is 1. The Morgan fingerprint density at radius 1 is 1.31 bits per heavy atom. The van der Waals surface area contributed by atoms with Crippen molar-refractivity contribution < 1.29 is 14.1 Å². The fourth-order valence-electron chi connectivity index (χ4n) is 2.63. The van der Waals surface area contributed by atoms with Gasteiger partial charge in [0.15, 0.2) is 11.5 Å². The van der Waals surface area contributed by atoms with Gasteiger partial charge in [-0.1, -0.05) is 17.3 Å². The molecule has 0 bridgehead atoms. The molecule has 0 atom stereocenters. The summed E-state index contributed by atoms with van der Waals surface area (Å²) in [6, 6.07) is 9.57. The number of carbonyl (C=O) groups excluding carboxylic acids is 1. The number of aryl methyl sites for hydroxylation is 2. The van der Waals surface area contributed by atoms with Crippen LogP contribution in [0.15, 0.2) is 41.1 Å². The Kier molecular flexibility index (Phi) is 5.36. The lowest BCUT2D eigenvalue weighted by molar-refractivity contribution is 0.0944. The predicted octanol–water partition coefficient (Wildman–Crippen LogP) is 2.75. The van der Waals surface area contributed by atoms with Crippen molar-refractivity contribution in [2.75, 3.05) is 13.7 Å². The molecule has 2 heterocycles. The van der Waals surface area contributed by atoms with E-state index in [9.17, 15) is 4.79 Å². The highest BCUT2D eigenvalue weighted by molar-refractivity contribution is 5.93. The van der Waals surface area contributed by atoms with E-state index in [1.807, 2.05) is 38.2 Å². The number of methoxy groups -OCH3 is 1. The third-order valence-corrected chi connectivity index (χ3v) is 4.33. The van der Waals surface area contributed by atoms with Crippen molar-refractivity contribution in [3.05, 3.63) is 53.5 Å². The van der Waals surface area contributed by atoms with Gasteiger partial charge in [0.1, 0.15) is 5.75 Å². The van der Waals surface area contributed by atoms with Crippen molar-refractivity contribution in [2.24, 2.45) is 7.05 Å². The number of amides is 1. The Bertz CT molecular complexity index is 881. The molecule has 0 aliphatic carbocycles. The van der Waals surface area contributed by atoms with Crippen molar-refractivity contribution in [1.82, 2.24) is 20.3 Å².